The lowest BCUT2D eigenvalue weighted by molar-refractivity contribution is -0.148. The minimum Gasteiger partial charge on any atom is -0.458 e. The summed E-state index contributed by atoms with van der Waals surface area (Å²) >= 11 is 1.30. The van der Waals surface area contributed by atoms with Gasteiger partial charge in [-0.2, -0.15) is 0 Å². The van der Waals surface area contributed by atoms with E-state index in [9.17, 15) is 14.4 Å². The summed E-state index contributed by atoms with van der Waals surface area (Å²) in [5, 5.41) is 4.51. The number of nitrogens with zero attached hydrogens (tertiary/aromatic N) is 2. The molecule has 0 unspecified atom stereocenters. The average Bonchev–Trinajstić information content (AvgIpc) is 3.18. The van der Waals surface area contributed by atoms with Crippen molar-refractivity contribution in [3.05, 3.63) is 68.4 Å². The maximum atomic E-state index is 12.5. The first-order chi connectivity index (χ1) is 13.4. The van der Waals surface area contributed by atoms with Gasteiger partial charge in [0, 0.05) is 11.8 Å². The Kier molecular flexibility index (Phi) is 5.89. The van der Waals surface area contributed by atoms with E-state index in [2.05, 4.69) is 10.3 Å². The summed E-state index contributed by atoms with van der Waals surface area (Å²) in [5.74, 6) is -1.04. The van der Waals surface area contributed by atoms with Gasteiger partial charge in [0.1, 0.15) is 18.3 Å². The van der Waals surface area contributed by atoms with Gasteiger partial charge in [0.25, 0.3) is 11.5 Å². The smallest absolute Gasteiger partial charge is 0.329 e. The summed E-state index contributed by atoms with van der Waals surface area (Å²) < 4.78 is 6.83. The number of aromatic nitrogens is 2. The first-order valence-electron chi connectivity index (χ1n) is 8.86. The topological polar surface area (TPSA) is 89.8 Å². The summed E-state index contributed by atoms with van der Waals surface area (Å²) in [4.78, 5) is 42.0. The molecule has 146 valence electrons. The van der Waals surface area contributed by atoms with E-state index in [-0.39, 0.29) is 24.0 Å². The monoisotopic (exact) mass is 399 g/mol. The predicted molar refractivity (Wildman–Crippen MR) is 106 cm³/mol. The molecule has 3 aromatic heterocycles. The highest BCUT2D eigenvalue weighted by atomic mass is 32.1. The molecular weight excluding hydrogens is 378 g/mol. The molecule has 1 atom stereocenters. The van der Waals surface area contributed by atoms with Gasteiger partial charge in [-0.25, -0.2) is 9.78 Å². The predicted octanol–water partition coefficient (Wildman–Crippen LogP) is 2.56. The van der Waals surface area contributed by atoms with Gasteiger partial charge in [0.05, 0.1) is 10.6 Å². The highest BCUT2D eigenvalue weighted by Crippen LogP contribution is 2.12. The fourth-order valence-corrected chi connectivity index (χ4v) is 3.42. The number of hydrogen-bond donors (Lipinski definition) is 1. The van der Waals surface area contributed by atoms with Gasteiger partial charge in [-0.15, -0.1) is 11.3 Å². The average molecular weight is 399 g/mol. The first-order valence-corrected chi connectivity index (χ1v) is 9.74. The number of ether oxygens (including phenoxy) is 1. The first kappa shape index (κ1) is 19.8. The number of rotatable bonds is 6. The summed E-state index contributed by atoms with van der Waals surface area (Å²) in [7, 11) is 0. The van der Waals surface area contributed by atoms with Crippen LogP contribution in [-0.2, 0) is 16.1 Å². The molecule has 0 aliphatic rings. The molecule has 28 heavy (non-hydrogen) atoms. The Morgan fingerprint density at radius 3 is 2.71 bits per heavy atom. The molecule has 1 N–H and O–H groups in total. The van der Waals surface area contributed by atoms with Crippen molar-refractivity contribution < 1.29 is 14.3 Å². The fourth-order valence-electron chi connectivity index (χ4n) is 2.79. The Morgan fingerprint density at radius 1 is 1.25 bits per heavy atom. The van der Waals surface area contributed by atoms with Crippen molar-refractivity contribution in [1.29, 1.82) is 0 Å². The summed E-state index contributed by atoms with van der Waals surface area (Å²) in [6.07, 6.45) is 0. The van der Waals surface area contributed by atoms with Crippen molar-refractivity contribution in [1.82, 2.24) is 14.7 Å². The van der Waals surface area contributed by atoms with E-state index in [1.54, 1.807) is 23.6 Å². The zero-order valence-corrected chi connectivity index (χ0v) is 16.7. The number of thiophene rings is 1. The van der Waals surface area contributed by atoms with Crippen LogP contribution in [0, 0.1) is 12.8 Å². The molecule has 0 spiro atoms. The van der Waals surface area contributed by atoms with Gasteiger partial charge >= 0.3 is 5.97 Å². The van der Waals surface area contributed by atoms with Gasteiger partial charge in [0.15, 0.2) is 0 Å². The van der Waals surface area contributed by atoms with Crippen LogP contribution in [0.2, 0.25) is 0 Å². The standard InChI is InChI=1S/C20H21N3O4S/c1-12(2)18(22-19(25)15-7-5-9-28-15)20(26)27-11-14-10-17(24)23-13(3)6-4-8-16(23)21-14/h4-10,12,18H,11H2,1-3H3,(H,22,25)/t18-/m0/s1. The number of carbonyl (C=O) groups excluding carboxylic acids is 2. The van der Waals surface area contributed by atoms with Gasteiger partial charge in [0.2, 0.25) is 0 Å². The van der Waals surface area contributed by atoms with Gasteiger partial charge in [-0.3, -0.25) is 14.0 Å². The van der Waals surface area contributed by atoms with E-state index in [0.717, 1.165) is 5.69 Å². The van der Waals surface area contributed by atoms with Crippen molar-refractivity contribution in [2.75, 3.05) is 0 Å². The van der Waals surface area contributed by atoms with E-state index < -0.39 is 12.0 Å². The maximum Gasteiger partial charge on any atom is 0.329 e. The number of nitrogens with one attached hydrogen (secondary N) is 1. The SMILES string of the molecule is Cc1cccc2nc(COC(=O)[C@@H](NC(=O)c3cccs3)C(C)C)cc(=O)n12. The second-order valence-corrected chi connectivity index (χ2v) is 7.67. The minimum atomic E-state index is -0.793. The van der Waals surface area contributed by atoms with Crippen molar-refractivity contribution >= 4 is 28.9 Å². The molecule has 0 saturated carbocycles. The van der Waals surface area contributed by atoms with E-state index in [1.165, 1.54) is 21.8 Å². The number of fused-ring (bicyclic) bond motifs is 1. The Morgan fingerprint density at radius 2 is 2.04 bits per heavy atom. The molecule has 3 rings (SSSR count). The Labute approximate surface area is 166 Å². The van der Waals surface area contributed by atoms with E-state index in [0.29, 0.717) is 16.2 Å². The van der Waals surface area contributed by atoms with E-state index in [1.807, 2.05) is 32.9 Å². The van der Waals surface area contributed by atoms with Gasteiger partial charge < -0.3 is 10.1 Å². The third-order valence-electron chi connectivity index (χ3n) is 4.25. The lowest BCUT2D eigenvalue weighted by atomic mass is 10.0. The number of carbonyl (C=O) groups is 2. The summed E-state index contributed by atoms with van der Waals surface area (Å²) in [6.45, 7) is 5.32. The largest absolute Gasteiger partial charge is 0.458 e. The molecule has 7 nitrogen and oxygen atoms in total. The van der Waals surface area contributed by atoms with Gasteiger partial charge in [-0.05, 0) is 36.4 Å². The second kappa shape index (κ2) is 8.35. The van der Waals surface area contributed by atoms with Crippen LogP contribution >= 0.6 is 11.3 Å². The van der Waals surface area contributed by atoms with Crippen molar-refractivity contribution in [2.45, 2.75) is 33.4 Å². The third-order valence-corrected chi connectivity index (χ3v) is 5.12. The zero-order chi connectivity index (χ0) is 20.3. The van der Waals surface area contributed by atoms with Crippen LogP contribution in [0.3, 0.4) is 0 Å². The molecule has 0 radical (unpaired) electrons. The highest BCUT2D eigenvalue weighted by Gasteiger charge is 2.26. The lowest BCUT2D eigenvalue weighted by Crippen LogP contribution is -2.45. The minimum absolute atomic E-state index is 0.142. The van der Waals surface area contributed by atoms with Crippen LogP contribution in [-0.4, -0.2) is 27.3 Å². The molecule has 0 fully saturated rings. The molecule has 0 aromatic carbocycles. The molecule has 0 aliphatic heterocycles. The normalized spacial score (nSPS) is 12.1. The second-order valence-electron chi connectivity index (χ2n) is 6.73. The van der Waals surface area contributed by atoms with Crippen molar-refractivity contribution in [3.8, 4) is 0 Å². The lowest BCUT2D eigenvalue weighted by Gasteiger charge is -2.20. The van der Waals surface area contributed by atoms with Crippen molar-refractivity contribution in [3.63, 3.8) is 0 Å². The number of amides is 1. The number of hydrogen-bond acceptors (Lipinski definition) is 6. The zero-order valence-electron chi connectivity index (χ0n) is 15.8. The van der Waals surface area contributed by atoms with E-state index in [4.69, 9.17) is 4.74 Å². The molecule has 3 aromatic rings. The Balaban J connectivity index is 1.72. The van der Waals surface area contributed by atoms with Crippen LogP contribution in [0.4, 0.5) is 0 Å². The number of aryl methyl sites for hydroxylation is 1. The third kappa shape index (κ3) is 4.28. The van der Waals surface area contributed by atoms with Crippen LogP contribution in [0.5, 0.6) is 0 Å². The van der Waals surface area contributed by atoms with E-state index >= 15 is 0 Å². The highest BCUT2D eigenvalue weighted by molar-refractivity contribution is 7.12. The Bertz CT molecular complexity index is 1060. The molecule has 0 aliphatic carbocycles. The molecule has 3 heterocycles. The molecule has 0 saturated heterocycles. The van der Waals surface area contributed by atoms with Crippen LogP contribution < -0.4 is 10.9 Å². The molecule has 0 bridgehead atoms. The molecular formula is C20H21N3O4S. The van der Waals surface area contributed by atoms with Crippen LogP contribution in [0.25, 0.3) is 5.65 Å². The molecule has 1 amide bonds. The maximum absolute atomic E-state index is 12.5. The van der Waals surface area contributed by atoms with Gasteiger partial charge in [-0.1, -0.05) is 26.0 Å². The summed E-state index contributed by atoms with van der Waals surface area (Å²) in [6, 6.07) is 9.37. The summed E-state index contributed by atoms with van der Waals surface area (Å²) in [5.41, 5.74) is 1.39. The number of esters is 1. The number of pyridine rings is 1. The van der Waals surface area contributed by atoms with Crippen LogP contribution in [0.1, 0.15) is 34.9 Å². The Hall–Kier alpha value is -3.00. The quantitative estimate of drug-likeness (QED) is 0.644. The fraction of sp³-hybridized carbons (Fsp3) is 0.300. The molecule has 8 heteroatoms. The van der Waals surface area contributed by atoms with Crippen LogP contribution in [0.15, 0.2) is 46.6 Å². The van der Waals surface area contributed by atoms with Crippen molar-refractivity contribution in [2.24, 2.45) is 5.92 Å².